The SMILES string of the molecule is Cl.Cl.[2H]C([2H])(O)C([2H])([2H])NCCNc1ccc(NCCNC([2H])([2H])C([2H])([2H])O)c2c1C(=O)c1c(O)ccc(O)c1C2=O. The molecule has 0 unspecified atom stereocenters. The van der Waals surface area contributed by atoms with Crippen LogP contribution in [0.25, 0.3) is 0 Å². The van der Waals surface area contributed by atoms with E-state index in [-0.39, 0.29) is 73.5 Å². The quantitative estimate of drug-likeness (QED) is 0.125. The first-order valence-corrected chi connectivity index (χ1v) is 9.54. The van der Waals surface area contributed by atoms with Gasteiger partial charge in [0.1, 0.15) is 11.5 Å². The number of carbonyl (C=O) groups is 2. The van der Waals surface area contributed by atoms with Crippen LogP contribution in [0.5, 0.6) is 11.5 Å². The minimum absolute atomic E-state index is 0. The van der Waals surface area contributed by atoms with Crippen molar-refractivity contribution in [2.75, 3.05) is 62.9 Å². The Kier molecular flexibility index (Phi) is 7.67. The van der Waals surface area contributed by atoms with Gasteiger partial charge in [0.25, 0.3) is 0 Å². The second-order valence-electron chi connectivity index (χ2n) is 6.60. The maximum absolute atomic E-state index is 13.5. The highest BCUT2D eigenvalue weighted by molar-refractivity contribution is 6.33. The van der Waals surface area contributed by atoms with Crippen LogP contribution in [-0.4, -0.2) is 84.3 Å². The fourth-order valence-corrected chi connectivity index (χ4v) is 3.38. The third-order valence-corrected chi connectivity index (χ3v) is 4.69. The minimum atomic E-state index is -3.18. The second kappa shape index (κ2) is 14.0. The topological polar surface area (TPSA) is 163 Å². The molecule has 0 saturated heterocycles. The van der Waals surface area contributed by atoms with Crippen LogP contribution in [0.4, 0.5) is 11.4 Å². The van der Waals surface area contributed by atoms with Gasteiger partial charge in [-0.3, -0.25) is 9.59 Å². The summed E-state index contributed by atoms with van der Waals surface area (Å²) in [6.07, 6.45) is 0. The van der Waals surface area contributed by atoms with Crippen molar-refractivity contribution in [2.24, 2.45) is 0 Å². The zero-order chi connectivity index (χ0) is 30.3. The predicted octanol–water partition coefficient (Wildman–Crippen LogP) is 0.704. The highest BCUT2D eigenvalue weighted by Crippen LogP contribution is 2.42. The molecule has 12 heteroatoms. The van der Waals surface area contributed by atoms with Crippen molar-refractivity contribution in [1.29, 1.82) is 0 Å². The van der Waals surface area contributed by atoms with E-state index in [2.05, 4.69) is 21.3 Å². The van der Waals surface area contributed by atoms with E-state index in [1.807, 2.05) is 0 Å². The van der Waals surface area contributed by atoms with E-state index in [0.29, 0.717) is 0 Å². The Hall–Kier alpha value is -2.60. The number of hydrogen-bond acceptors (Lipinski definition) is 10. The summed E-state index contributed by atoms with van der Waals surface area (Å²) in [4.78, 5) is 27.0. The largest absolute Gasteiger partial charge is 0.507 e. The van der Waals surface area contributed by atoms with Gasteiger partial charge in [0.15, 0.2) is 0 Å². The van der Waals surface area contributed by atoms with Gasteiger partial charge in [0.2, 0.25) is 11.6 Å². The molecule has 3 rings (SSSR count). The number of nitrogens with one attached hydrogen (secondary N) is 4. The molecule has 2 aromatic rings. The molecule has 10 nitrogen and oxygen atoms in total. The van der Waals surface area contributed by atoms with Crippen LogP contribution in [-0.2, 0) is 0 Å². The molecule has 0 atom stereocenters. The number of benzene rings is 2. The summed E-state index contributed by atoms with van der Waals surface area (Å²) in [6.45, 7) is -12.6. The number of ketones is 2. The zero-order valence-electron chi connectivity index (χ0n) is 25.6. The summed E-state index contributed by atoms with van der Waals surface area (Å²) < 4.78 is 58.8. The Balaban J connectivity index is 0.00000441. The van der Waals surface area contributed by atoms with Gasteiger partial charge >= 0.3 is 0 Å². The number of fused-ring (bicyclic) bond motifs is 2. The molecule has 0 amide bonds. The van der Waals surface area contributed by atoms with Crippen LogP contribution in [0, 0.1) is 0 Å². The van der Waals surface area contributed by atoms with Gasteiger partial charge in [0, 0.05) is 56.0 Å². The lowest BCUT2D eigenvalue weighted by Crippen LogP contribution is -2.28. The molecule has 0 bridgehead atoms. The number of phenolic OH excluding ortho intramolecular Hbond substituents is 2. The van der Waals surface area contributed by atoms with Gasteiger partial charge in [-0.25, -0.2) is 0 Å². The lowest BCUT2D eigenvalue weighted by molar-refractivity contribution is 0.0975. The summed E-state index contributed by atoms with van der Waals surface area (Å²) in [5, 5.41) is 49.3. The predicted molar refractivity (Wildman–Crippen MR) is 134 cm³/mol. The van der Waals surface area contributed by atoms with Gasteiger partial charge in [-0.05, 0) is 24.3 Å². The van der Waals surface area contributed by atoms with Crippen LogP contribution < -0.4 is 21.3 Å². The van der Waals surface area contributed by atoms with E-state index in [1.54, 1.807) is 0 Å². The summed E-state index contributed by atoms with van der Waals surface area (Å²) >= 11 is 0. The molecule has 0 aromatic heterocycles. The molecule has 0 fully saturated rings. The number of anilines is 2. The van der Waals surface area contributed by atoms with Crippen molar-refractivity contribution in [3.8, 4) is 11.5 Å². The third kappa shape index (κ3) is 6.29. The molecule has 188 valence electrons. The fraction of sp³-hybridized carbons (Fsp3) is 0.364. The number of rotatable bonds is 12. The van der Waals surface area contributed by atoms with Gasteiger partial charge in [-0.15, -0.1) is 24.8 Å². The molecule has 0 spiro atoms. The number of halogens is 2. The summed E-state index contributed by atoms with van der Waals surface area (Å²) in [5.41, 5.74) is -1.08. The molecule has 8 N–H and O–H groups in total. The van der Waals surface area contributed by atoms with Crippen LogP contribution in [0.2, 0.25) is 0 Å². The first-order chi connectivity index (χ1) is 18.3. The van der Waals surface area contributed by atoms with Gasteiger partial charge in [0.05, 0.1) is 40.9 Å². The maximum Gasteiger partial charge on any atom is 0.200 e. The van der Waals surface area contributed by atoms with Gasteiger partial charge < -0.3 is 41.7 Å². The van der Waals surface area contributed by atoms with E-state index in [0.717, 1.165) is 12.1 Å². The van der Waals surface area contributed by atoms with E-state index in [9.17, 15) is 30.0 Å². The lowest BCUT2D eigenvalue weighted by atomic mass is 9.81. The maximum atomic E-state index is 13.5. The number of carbonyl (C=O) groups excluding carboxylic acids is 2. The first-order valence-electron chi connectivity index (χ1n) is 13.5. The van der Waals surface area contributed by atoms with E-state index >= 15 is 0 Å². The van der Waals surface area contributed by atoms with Crippen LogP contribution in [0.1, 0.15) is 42.8 Å². The summed E-state index contributed by atoms with van der Waals surface area (Å²) in [7, 11) is 0. The molecular formula is C22H30Cl2N4O6. The monoisotopic (exact) mass is 524 g/mol. The van der Waals surface area contributed by atoms with E-state index < -0.39 is 60.3 Å². The van der Waals surface area contributed by atoms with Crippen molar-refractivity contribution >= 4 is 47.8 Å². The molecule has 0 saturated carbocycles. The van der Waals surface area contributed by atoms with E-state index in [1.165, 1.54) is 12.1 Å². The van der Waals surface area contributed by atoms with Gasteiger partial charge in [-0.2, -0.15) is 0 Å². The lowest BCUT2D eigenvalue weighted by Gasteiger charge is -2.25. The average Bonchev–Trinajstić information content (AvgIpc) is 2.83. The molecular weight excluding hydrogens is 487 g/mol. The summed E-state index contributed by atoms with van der Waals surface area (Å²) in [5.74, 6) is -2.74. The van der Waals surface area contributed by atoms with Crippen LogP contribution >= 0.6 is 24.8 Å². The van der Waals surface area contributed by atoms with Crippen molar-refractivity contribution in [2.45, 2.75) is 0 Å². The molecule has 2 aromatic carbocycles. The standard InChI is InChI=1S/C22H28N4O6.2ClH/c27-11-9-23-5-7-25-13-1-2-14(26-8-6-24-10-12-28)18-17(13)21(31)19-15(29)3-4-16(30)20(19)22(18)32;;/h1-4,23-30H,5-12H2;2*1H/i9D2,10D2,11D2,12D2;;. The molecule has 34 heavy (non-hydrogen) atoms. The van der Waals surface area contributed by atoms with Crippen molar-refractivity contribution in [3.63, 3.8) is 0 Å². The normalized spacial score (nSPS) is 16.9. The number of phenols is 2. The molecule has 1 aliphatic carbocycles. The zero-order valence-corrected chi connectivity index (χ0v) is 19.2. The second-order valence-corrected chi connectivity index (χ2v) is 6.60. The molecule has 1 aliphatic rings. The first kappa shape index (κ1) is 18.7. The highest BCUT2D eigenvalue weighted by Gasteiger charge is 2.37. The van der Waals surface area contributed by atoms with Crippen LogP contribution in [0.15, 0.2) is 24.3 Å². The van der Waals surface area contributed by atoms with Gasteiger partial charge in [-0.1, -0.05) is 0 Å². The Morgan fingerprint density at radius 1 is 0.647 bits per heavy atom. The van der Waals surface area contributed by atoms with E-state index in [4.69, 9.17) is 11.0 Å². The highest BCUT2D eigenvalue weighted by atomic mass is 35.5. The Bertz CT molecular complexity index is 1230. The number of hydrogen-bond donors (Lipinski definition) is 8. The smallest absolute Gasteiger partial charge is 0.200 e. The Morgan fingerprint density at radius 2 is 1.03 bits per heavy atom. The number of aromatic hydroxyl groups is 2. The number of aliphatic hydroxyl groups is 2. The summed E-state index contributed by atoms with van der Waals surface area (Å²) in [6, 6.07) is 4.90. The minimum Gasteiger partial charge on any atom is -0.507 e. The fourth-order valence-electron chi connectivity index (χ4n) is 3.38. The molecule has 0 radical (unpaired) electrons. The average molecular weight is 525 g/mol. The molecule has 0 aliphatic heterocycles. The van der Waals surface area contributed by atoms with Crippen LogP contribution in [0.3, 0.4) is 0 Å². The van der Waals surface area contributed by atoms with Crippen molar-refractivity contribution in [1.82, 2.24) is 10.6 Å². The van der Waals surface area contributed by atoms with Crippen molar-refractivity contribution in [3.05, 3.63) is 46.5 Å². The van der Waals surface area contributed by atoms with Crippen molar-refractivity contribution < 1.29 is 41.0 Å². The third-order valence-electron chi connectivity index (χ3n) is 4.69. The Morgan fingerprint density at radius 3 is 1.38 bits per heavy atom. The molecule has 0 heterocycles. The Labute approximate surface area is 220 Å².